The fraction of sp³-hybridized carbons (Fsp3) is 0.294. The van der Waals surface area contributed by atoms with Gasteiger partial charge in [-0.2, -0.15) is 15.1 Å². The normalized spacial score (nSPS) is 11.2. The van der Waals surface area contributed by atoms with E-state index in [-0.39, 0.29) is 19.0 Å². The van der Waals surface area contributed by atoms with Gasteiger partial charge in [-0.3, -0.25) is 4.79 Å². The number of carbonyl (C=O) groups is 1. The number of aryl methyl sites for hydroxylation is 2. The first-order valence-corrected chi connectivity index (χ1v) is 9.17. The van der Waals surface area contributed by atoms with E-state index < -0.39 is 0 Å². The van der Waals surface area contributed by atoms with Gasteiger partial charge in [-0.1, -0.05) is 11.2 Å². The molecule has 0 aliphatic heterocycles. The van der Waals surface area contributed by atoms with E-state index in [9.17, 15) is 4.79 Å². The van der Waals surface area contributed by atoms with E-state index in [2.05, 4.69) is 25.2 Å². The first kappa shape index (κ1) is 17.3. The third-order valence-corrected chi connectivity index (χ3v) is 4.99. The summed E-state index contributed by atoms with van der Waals surface area (Å²) >= 11 is 1.50. The van der Waals surface area contributed by atoms with Crippen LogP contribution in [0.5, 0.6) is 0 Å². The van der Waals surface area contributed by atoms with Gasteiger partial charge in [0.05, 0.1) is 4.88 Å². The van der Waals surface area contributed by atoms with Gasteiger partial charge in [0.1, 0.15) is 6.33 Å². The number of carbonyl (C=O) groups excluding carboxylic acids is 1. The summed E-state index contributed by atoms with van der Waals surface area (Å²) in [6.07, 6.45) is 2.19. The number of aromatic nitrogens is 6. The van der Waals surface area contributed by atoms with E-state index >= 15 is 0 Å². The zero-order valence-electron chi connectivity index (χ0n) is 14.7. The SMILES string of the molecule is Cc1nc2ncnn2c(C)c1CCC(=O)OCc1noc(-c2cccs2)n1. The molecule has 4 aromatic heterocycles. The highest BCUT2D eigenvalue weighted by Crippen LogP contribution is 2.22. The predicted octanol–water partition coefficient (Wildman–Crippen LogP) is 2.53. The molecule has 0 radical (unpaired) electrons. The number of nitrogens with zero attached hydrogens (tertiary/aromatic N) is 6. The molecule has 0 saturated carbocycles. The van der Waals surface area contributed by atoms with Crippen molar-refractivity contribution in [3.63, 3.8) is 0 Å². The number of fused-ring (bicyclic) bond motifs is 1. The van der Waals surface area contributed by atoms with Crippen LogP contribution < -0.4 is 0 Å². The Kier molecular flexibility index (Phi) is 4.63. The van der Waals surface area contributed by atoms with Gasteiger partial charge in [0.2, 0.25) is 5.82 Å². The number of hydrogen-bond donors (Lipinski definition) is 0. The summed E-state index contributed by atoms with van der Waals surface area (Å²) in [6.45, 7) is 3.81. The van der Waals surface area contributed by atoms with Crippen LogP contribution in [0.1, 0.15) is 29.2 Å². The van der Waals surface area contributed by atoms with Crippen molar-refractivity contribution in [2.24, 2.45) is 0 Å². The van der Waals surface area contributed by atoms with Gasteiger partial charge in [-0.05, 0) is 37.3 Å². The van der Waals surface area contributed by atoms with E-state index in [4.69, 9.17) is 9.26 Å². The lowest BCUT2D eigenvalue weighted by Crippen LogP contribution is -2.10. The van der Waals surface area contributed by atoms with E-state index in [0.29, 0.717) is 23.9 Å². The molecule has 138 valence electrons. The summed E-state index contributed by atoms with van der Waals surface area (Å²) in [5.41, 5.74) is 2.71. The van der Waals surface area contributed by atoms with Crippen molar-refractivity contribution in [3.8, 4) is 10.8 Å². The number of thiophene rings is 1. The van der Waals surface area contributed by atoms with Crippen LogP contribution in [0.4, 0.5) is 0 Å². The average molecular weight is 384 g/mol. The summed E-state index contributed by atoms with van der Waals surface area (Å²) in [4.78, 5) is 25.7. The average Bonchev–Trinajstić information content (AvgIpc) is 3.39. The van der Waals surface area contributed by atoms with Crippen molar-refractivity contribution >= 4 is 23.1 Å². The highest BCUT2D eigenvalue weighted by molar-refractivity contribution is 7.13. The fourth-order valence-electron chi connectivity index (χ4n) is 2.77. The highest BCUT2D eigenvalue weighted by atomic mass is 32.1. The van der Waals surface area contributed by atoms with E-state index in [0.717, 1.165) is 21.8 Å². The van der Waals surface area contributed by atoms with Crippen molar-refractivity contribution in [1.29, 1.82) is 0 Å². The number of esters is 1. The van der Waals surface area contributed by atoms with Crippen LogP contribution in [-0.4, -0.2) is 35.7 Å². The lowest BCUT2D eigenvalue weighted by molar-refractivity contribution is -0.145. The Morgan fingerprint density at radius 1 is 1.33 bits per heavy atom. The Morgan fingerprint density at radius 2 is 2.22 bits per heavy atom. The molecule has 0 aromatic carbocycles. The third kappa shape index (κ3) is 3.56. The molecule has 0 unspecified atom stereocenters. The van der Waals surface area contributed by atoms with E-state index in [1.165, 1.54) is 17.7 Å². The first-order chi connectivity index (χ1) is 13.1. The van der Waals surface area contributed by atoms with Crippen molar-refractivity contribution in [1.82, 2.24) is 29.7 Å². The van der Waals surface area contributed by atoms with Gasteiger partial charge in [-0.15, -0.1) is 11.3 Å². The van der Waals surface area contributed by atoms with Crippen molar-refractivity contribution < 1.29 is 14.1 Å². The van der Waals surface area contributed by atoms with Gasteiger partial charge in [-0.25, -0.2) is 9.50 Å². The molecule has 10 heteroatoms. The Labute approximate surface area is 158 Å². The molecule has 0 atom stereocenters. The molecule has 4 heterocycles. The zero-order chi connectivity index (χ0) is 18.8. The summed E-state index contributed by atoms with van der Waals surface area (Å²) in [5, 5.41) is 9.91. The van der Waals surface area contributed by atoms with Crippen LogP contribution in [0.15, 0.2) is 28.4 Å². The Bertz CT molecular complexity index is 1090. The standard InChI is InChI=1S/C17H16N6O3S/c1-10-12(11(2)23-17(20-10)18-9-19-23)5-6-15(24)25-8-14-21-16(26-22-14)13-4-3-7-27-13/h3-4,7,9H,5-6,8H2,1-2H3. The minimum absolute atomic E-state index is 0.0218. The smallest absolute Gasteiger partial charge is 0.306 e. The predicted molar refractivity (Wildman–Crippen MR) is 96.0 cm³/mol. The van der Waals surface area contributed by atoms with Gasteiger partial charge in [0.15, 0.2) is 6.61 Å². The summed E-state index contributed by atoms with van der Waals surface area (Å²) in [5.74, 6) is 0.976. The summed E-state index contributed by atoms with van der Waals surface area (Å²) < 4.78 is 12.1. The van der Waals surface area contributed by atoms with Crippen LogP contribution in [-0.2, 0) is 22.6 Å². The van der Waals surface area contributed by atoms with Crippen LogP contribution in [0.25, 0.3) is 16.5 Å². The molecule has 0 saturated heterocycles. The molecule has 4 aromatic rings. The van der Waals surface area contributed by atoms with Gasteiger partial charge >= 0.3 is 5.97 Å². The Hall–Kier alpha value is -3.14. The van der Waals surface area contributed by atoms with Crippen molar-refractivity contribution in [3.05, 3.63) is 46.6 Å². The molecule has 9 nitrogen and oxygen atoms in total. The topological polar surface area (TPSA) is 108 Å². The maximum Gasteiger partial charge on any atom is 0.306 e. The second kappa shape index (κ2) is 7.23. The van der Waals surface area contributed by atoms with Crippen molar-refractivity contribution in [2.75, 3.05) is 0 Å². The van der Waals surface area contributed by atoms with Crippen LogP contribution in [0, 0.1) is 13.8 Å². The minimum atomic E-state index is -0.338. The monoisotopic (exact) mass is 384 g/mol. The van der Waals surface area contributed by atoms with Crippen LogP contribution >= 0.6 is 11.3 Å². The summed E-state index contributed by atoms with van der Waals surface area (Å²) in [7, 11) is 0. The lowest BCUT2D eigenvalue weighted by Gasteiger charge is -2.09. The fourth-order valence-corrected chi connectivity index (χ4v) is 3.42. The molecule has 27 heavy (non-hydrogen) atoms. The molecule has 0 N–H and O–H groups in total. The number of rotatable bonds is 6. The third-order valence-electron chi connectivity index (χ3n) is 4.13. The summed E-state index contributed by atoms with van der Waals surface area (Å²) in [6, 6.07) is 3.79. The molecule has 4 rings (SSSR count). The molecule has 0 amide bonds. The van der Waals surface area contributed by atoms with E-state index in [1.54, 1.807) is 4.52 Å². The van der Waals surface area contributed by atoms with Gasteiger partial charge < -0.3 is 9.26 Å². The first-order valence-electron chi connectivity index (χ1n) is 8.29. The Balaban J connectivity index is 1.35. The molecular formula is C17H16N6O3S. The van der Waals surface area contributed by atoms with Crippen molar-refractivity contribution in [2.45, 2.75) is 33.3 Å². The Morgan fingerprint density at radius 3 is 3.04 bits per heavy atom. The molecule has 0 fully saturated rings. The zero-order valence-corrected chi connectivity index (χ0v) is 15.6. The quantitative estimate of drug-likeness (QED) is 0.467. The number of ether oxygens (including phenoxy) is 1. The maximum absolute atomic E-state index is 12.1. The highest BCUT2D eigenvalue weighted by Gasteiger charge is 2.15. The minimum Gasteiger partial charge on any atom is -0.457 e. The lowest BCUT2D eigenvalue weighted by atomic mass is 10.1. The van der Waals surface area contributed by atoms with Crippen LogP contribution in [0.3, 0.4) is 0 Å². The van der Waals surface area contributed by atoms with Gasteiger partial charge in [0.25, 0.3) is 11.7 Å². The molecular weight excluding hydrogens is 368 g/mol. The second-order valence-electron chi connectivity index (χ2n) is 5.89. The molecule has 0 aliphatic carbocycles. The van der Waals surface area contributed by atoms with Crippen LogP contribution in [0.2, 0.25) is 0 Å². The largest absolute Gasteiger partial charge is 0.457 e. The maximum atomic E-state index is 12.1. The molecule has 0 aliphatic rings. The van der Waals surface area contributed by atoms with Gasteiger partial charge in [0, 0.05) is 17.8 Å². The second-order valence-corrected chi connectivity index (χ2v) is 6.83. The number of hydrogen-bond acceptors (Lipinski definition) is 9. The van der Waals surface area contributed by atoms with E-state index in [1.807, 2.05) is 31.4 Å². The molecule has 0 bridgehead atoms. The molecule has 0 spiro atoms.